The molecule has 1 aromatic rings. The summed E-state index contributed by atoms with van der Waals surface area (Å²) < 4.78 is 26.0. The van der Waals surface area contributed by atoms with E-state index < -0.39 is 10.0 Å². The van der Waals surface area contributed by atoms with Crippen molar-refractivity contribution in [1.29, 1.82) is 0 Å². The Labute approximate surface area is 98.4 Å². The van der Waals surface area contributed by atoms with Gasteiger partial charge in [-0.1, -0.05) is 23.2 Å². The Morgan fingerprint density at radius 2 is 1.87 bits per heavy atom. The molecule has 2 rings (SSSR count). The first-order valence-electron chi connectivity index (χ1n) is 4.46. The van der Waals surface area contributed by atoms with Crippen LogP contribution in [-0.2, 0) is 10.0 Å². The van der Waals surface area contributed by atoms with Gasteiger partial charge in [-0.25, -0.2) is 13.1 Å². The first-order valence-corrected chi connectivity index (χ1v) is 6.70. The molecule has 6 heteroatoms. The zero-order valence-electron chi connectivity index (χ0n) is 7.70. The molecule has 0 spiro atoms. The summed E-state index contributed by atoms with van der Waals surface area (Å²) in [4.78, 5) is 0.156. The minimum Gasteiger partial charge on any atom is -0.208 e. The average molecular weight is 266 g/mol. The Bertz CT molecular complexity index is 483. The lowest BCUT2D eigenvalue weighted by Gasteiger charge is -2.05. The standard InChI is InChI=1S/C9H9Cl2NO2S/c10-8-4-3-7(5-9(8)11)15(13,14)12-6-1-2-6/h3-6,12H,1-2H2. The lowest BCUT2D eigenvalue weighted by Crippen LogP contribution is -2.25. The number of rotatable bonds is 3. The van der Waals surface area contributed by atoms with E-state index in [1.165, 1.54) is 18.2 Å². The van der Waals surface area contributed by atoms with E-state index in [0.717, 1.165) is 12.8 Å². The number of hydrogen-bond acceptors (Lipinski definition) is 2. The first kappa shape index (κ1) is 11.2. The van der Waals surface area contributed by atoms with E-state index in [0.29, 0.717) is 5.02 Å². The average Bonchev–Trinajstić information content (AvgIpc) is 2.92. The zero-order valence-corrected chi connectivity index (χ0v) is 10.0. The van der Waals surface area contributed by atoms with Crippen LogP contribution in [0.5, 0.6) is 0 Å². The van der Waals surface area contributed by atoms with E-state index in [9.17, 15) is 8.42 Å². The predicted octanol–water partition coefficient (Wildman–Crippen LogP) is 2.43. The molecule has 1 saturated carbocycles. The van der Waals surface area contributed by atoms with Crippen molar-refractivity contribution in [3.8, 4) is 0 Å². The molecule has 0 aromatic heterocycles. The molecule has 1 fully saturated rings. The normalized spacial score (nSPS) is 16.7. The van der Waals surface area contributed by atoms with Crippen molar-refractivity contribution in [1.82, 2.24) is 4.72 Å². The number of nitrogens with one attached hydrogen (secondary N) is 1. The second-order valence-corrected chi connectivity index (χ2v) is 6.00. The van der Waals surface area contributed by atoms with Crippen molar-refractivity contribution < 1.29 is 8.42 Å². The molecule has 1 aliphatic rings. The summed E-state index contributed by atoms with van der Waals surface area (Å²) in [6.07, 6.45) is 1.81. The van der Waals surface area contributed by atoms with Crippen LogP contribution in [0, 0.1) is 0 Å². The van der Waals surface area contributed by atoms with Crippen LogP contribution in [0.2, 0.25) is 10.0 Å². The Morgan fingerprint density at radius 3 is 2.40 bits per heavy atom. The van der Waals surface area contributed by atoms with Gasteiger partial charge in [0.2, 0.25) is 10.0 Å². The summed E-state index contributed by atoms with van der Waals surface area (Å²) in [5.74, 6) is 0. The largest absolute Gasteiger partial charge is 0.240 e. The van der Waals surface area contributed by atoms with Crippen LogP contribution < -0.4 is 4.72 Å². The van der Waals surface area contributed by atoms with E-state index in [-0.39, 0.29) is 16.0 Å². The molecule has 0 unspecified atom stereocenters. The highest BCUT2D eigenvalue weighted by Crippen LogP contribution is 2.26. The predicted molar refractivity (Wildman–Crippen MR) is 59.8 cm³/mol. The second kappa shape index (κ2) is 3.94. The Hall–Kier alpha value is -0.290. The summed E-state index contributed by atoms with van der Waals surface area (Å²) in [5, 5.41) is 0.595. The summed E-state index contributed by atoms with van der Waals surface area (Å²) in [6, 6.07) is 4.36. The molecule has 1 aromatic carbocycles. The van der Waals surface area contributed by atoms with Crippen molar-refractivity contribution in [3.05, 3.63) is 28.2 Å². The van der Waals surface area contributed by atoms with E-state index in [4.69, 9.17) is 23.2 Å². The zero-order chi connectivity index (χ0) is 11.1. The third kappa shape index (κ3) is 2.64. The molecule has 0 radical (unpaired) electrons. The van der Waals surface area contributed by atoms with Crippen LogP contribution in [0.3, 0.4) is 0 Å². The maximum Gasteiger partial charge on any atom is 0.240 e. The van der Waals surface area contributed by atoms with Gasteiger partial charge in [0.25, 0.3) is 0 Å². The van der Waals surface area contributed by atoms with Gasteiger partial charge in [0, 0.05) is 6.04 Å². The molecule has 3 nitrogen and oxygen atoms in total. The number of sulfonamides is 1. The molecule has 0 bridgehead atoms. The molecule has 15 heavy (non-hydrogen) atoms. The number of hydrogen-bond donors (Lipinski definition) is 1. The number of benzene rings is 1. The topological polar surface area (TPSA) is 46.2 Å². The van der Waals surface area contributed by atoms with Gasteiger partial charge in [0.15, 0.2) is 0 Å². The Morgan fingerprint density at radius 1 is 1.20 bits per heavy atom. The van der Waals surface area contributed by atoms with Gasteiger partial charge < -0.3 is 0 Å². The van der Waals surface area contributed by atoms with Gasteiger partial charge in [-0.3, -0.25) is 0 Å². The maximum atomic E-state index is 11.7. The number of halogens is 2. The van der Waals surface area contributed by atoms with Crippen molar-refractivity contribution in [2.24, 2.45) is 0 Å². The van der Waals surface area contributed by atoms with Gasteiger partial charge in [-0.2, -0.15) is 0 Å². The minimum absolute atomic E-state index is 0.0875. The monoisotopic (exact) mass is 265 g/mol. The van der Waals surface area contributed by atoms with Crippen molar-refractivity contribution in [3.63, 3.8) is 0 Å². The third-order valence-electron chi connectivity index (χ3n) is 2.10. The molecule has 0 aliphatic heterocycles. The molecule has 82 valence electrons. The molecular weight excluding hydrogens is 257 g/mol. The van der Waals surface area contributed by atoms with Crippen molar-refractivity contribution >= 4 is 33.2 Å². The van der Waals surface area contributed by atoms with Gasteiger partial charge in [0.05, 0.1) is 14.9 Å². The fraction of sp³-hybridized carbons (Fsp3) is 0.333. The van der Waals surface area contributed by atoms with Gasteiger partial charge >= 0.3 is 0 Å². The van der Waals surface area contributed by atoms with Crippen LogP contribution in [0.15, 0.2) is 23.1 Å². The van der Waals surface area contributed by atoms with Crippen LogP contribution in [0.1, 0.15) is 12.8 Å². The molecule has 1 aliphatic carbocycles. The SMILES string of the molecule is O=S(=O)(NC1CC1)c1ccc(Cl)c(Cl)c1. The lowest BCUT2D eigenvalue weighted by molar-refractivity contribution is 0.581. The molecule has 0 heterocycles. The third-order valence-corrected chi connectivity index (χ3v) is 4.36. The highest BCUT2D eigenvalue weighted by Gasteiger charge is 2.28. The smallest absolute Gasteiger partial charge is 0.208 e. The van der Waals surface area contributed by atoms with Gasteiger partial charge in [-0.15, -0.1) is 0 Å². The minimum atomic E-state index is -3.43. The first-order chi connectivity index (χ1) is 6.99. The maximum absolute atomic E-state index is 11.7. The van der Waals surface area contributed by atoms with Crippen molar-refractivity contribution in [2.45, 2.75) is 23.8 Å². The van der Waals surface area contributed by atoms with Gasteiger partial charge in [-0.05, 0) is 31.0 Å². The van der Waals surface area contributed by atoms with E-state index >= 15 is 0 Å². The van der Waals surface area contributed by atoms with Gasteiger partial charge in [0.1, 0.15) is 0 Å². The highest BCUT2D eigenvalue weighted by molar-refractivity contribution is 7.89. The van der Waals surface area contributed by atoms with Crippen molar-refractivity contribution in [2.75, 3.05) is 0 Å². The highest BCUT2D eigenvalue weighted by atomic mass is 35.5. The van der Waals surface area contributed by atoms with Crippen LogP contribution in [0.4, 0.5) is 0 Å². The van der Waals surface area contributed by atoms with E-state index in [1.807, 2.05) is 0 Å². The molecule has 0 atom stereocenters. The molecule has 0 saturated heterocycles. The summed E-state index contributed by atoms with van der Waals surface area (Å²) in [6.45, 7) is 0. The molecular formula is C9H9Cl2NO2S. The van der Waals surface area contributed by atoms with Crippen LogP contribution in [0.25, 0.3) is 0 Å². The van der Waals surface area contributed by atoms with E-state index in [1.54, 1.807) is 0 Å². The summed E-state index contributed by atoms with van der Waals surface area (Å²) in [7, 11) is -3.43. The lowest BCUT2D eigenvalue weighted by atomic mass is 10.4. The fourth-order valence-corrected chi connectivity index (χ4v) is 2.83. The van der Waals surface area contributed by atoms with Crippen LogP contribution >= 0.6 is 23.2 Å². The van der Waals surface area contributed by atoms with Crippen LogP contribution in [-0.4, -0.2) is 14.5 Å². The van der Waals surface area contributed by atoms with E-state index in [2.05, 4.69) is 4.72 Å². The quantitative estimate of drug-likeness (QED) is 0.913. The second-order valence-electron chi connectivity index (χ2n) is 3.47. The molecule has 0 amide bonds. The summed E-state index contributed by atoms with van der Waals surface area (Å²) >= 11 is 11.4. The Balaban J connectivity index is 2.31. The Kier molecular flexibility index (Phi) is 2.94. The molecule has 1 N–H and O–H groups in total. The summed E-state index contributed by atoms with van der Waals surface area (Å²) in [5.41, 5.74) is 0. The fourth-order valence-electron chi connectivity index (χ4n) is 1.13.